The number of hydrogen-bond donors (Lipinski definition) is 1. The van der Waals surface area contributed by atoms with E-state index >= 15 is 0 Å². The average Bonchev–Trinajstić information content (AvgIpc) is 2.32. The summed E-state index contributed by atoms with van der Waals surface area (Å²) in [4.78, 5) is 2.36. The molecule has 0 radical (unpaired) electrons. The van der Waals surface area contributed by atoms with Crippen molar-refractivity contribution in [3.05, 3.63) is 52.7 Å². The van der Waals surface area contributed by atoms with Gasteiger partial charge in [0.25, 0.3) is 0 Å². The topological polar surface area (TPSA) is 27.1 Å². The average molecular weight is 275 g/mol. The summed E-state index contributed by atoms with van der Waals surface area (Å²) in [7, 11) is 0. The summed E-state index contributed by atoms with van der Waals surface area (Å²) < 4.78 is 0. The first-order valence-corrected chi connectivity index (χ1v) is 6.85. The highest BCUT2D eigenvalue weighted by atomic mass is 35.5. The van der Waals surface area contributed by atoms with E-state index in [0.717, 1.165) is 30.1 Å². The van der Waals surface area contributed by atoms with Crippen molar-refractivity contribution in [1.29, 1.82) is 5.41 Å². The predicted molar refractivity (Wildman–Crippen MR) is 81.1 cm³/mol. The minimum absolute atomic E-state index is 0.114. The first kappa shape index (κ1) is 14.1. The molecule has 1 atom stereocenters. The van der Waals surface area contributed by atoms with E-state index in [1.807, 2.05) is 24.3 Å². The number of likely N-dealkylation sites (tertiary alicyclic amines) is 1. The molecule has 1 aliphatic heterocycles. The van der Waals surface area contributed by atoms with Crippen molar-refractivity contribution < 1.29 is 0 Å². The van der Waals surface area contributed by atoms with E-state index in [9.17, 15) is 0 Å². The molecule has 1 aromatic rings. The molecule has 1 aliphatic rings. The summed E-state index contributed by atoms with van der Waals surface area (Å²) >= 11 is 6.12. The molecule has 1 fully saturated rings. The maximum atomic E-state index is 7.92. The van der Waals surface area contributed by atoms with Gasteiger partial charge in [-0.05, 0) is 36.6 Å². The molecular formula is C16H19ClN2. The van der Waals surface area contributed by atoms with Gasteiger partial charge in [-0.15, -0.1) is 5.73 Å². The fraction of sp³-hybridized carbons (Fsp3) is 0.375. The Morgan fingerprint density at radius 2 is 2.26 bits per heavy atom. The molecule has 0 aromatic heterocycles. The lowest BCUT2D eigenvalue weighted by atomic mass is 9.91. The van der Waals surface area contributed by atoms with Crippen LogP contribution in [0.15, 0.2) is 36.6 Å². The molecule has 19 heavy (non-hydrogen) atoms. The molecule has 1 N–H and O–H groups in total. The molecule has 2 nitrogen and oxygen atoms in total. The summed E-state index contributed by atoms with van der Waals surface area (Å²) in [5.74, 6) is 0.726. The number of benzene rings is 1. The van der Waals surface area contributed by atoms with Crippen LogP contribution >= 0.6 is 11.6 Å². The fourth-order valence-corrected chi connectivity index (χ4v) is 2.78. The molecule has 0 bridgehead atoms. The van der Waals surface area contributed by atoms with Crippen LogP contribution in [0, 0.1) is 11.3 Å². The van der Waals surface area contributed by atoms with Crippen LogP contribution in [0.2, 0.25) is 5.02 Å². The molecule has 3 heteroatoms. The van der Waals surface area contributed by atoms with Crippen molar-refractivity contribution in [3.8, 4) is 0 Å². The van der Waals surface area contributed by atoms with E-state index in [-0.39, 0.29) is 6.04 Å². The Morgan fingerprint density at radius 3 is 2.79 bits per heavy atom. The summed E-state index contributed by atoms with van der Waals surface area (Å²) in [6, 6.07) is 5.83. The van der Waals surface area contributed by atoms with Gasteiger partial charge in [0, 0.05) is 29.4 Å². The van der Waals surface area contributed by atoms with Crippen molar-refractivity contribution in [3.63, 3.8) is 0 Å². The van der Waals surface area contributed by atoms with E-state index in [1.54, 1.807) is 6.92 Å². The van der Waals surface area contributed by atoms with Crippen molar-refractivity contribution in [1.82, 2.24) is 4.90 Å². The van der Waals surface area contributed by atoms with Gasteiger partial charge in [-0.2, -0.15) is 0 Å². The second kappa shape index (κ2) is 5.75. The van der Waals surface area contributed by atoms with Crippen molar-refractivity contribution in [2.75, 3.05) is 13.1 Å². The highest BCUT2D eigenvalue weighted by molar-refractivity contribution is 6.30. The van der Waals surface area contributed by atoms with E-state index in [1.165, 1.54) is 0 Å². The number of nitrogens with one attached hydrogen (secondary N) is 1. The Kier molecular flexibility index (Phi) is 4.26. The van der Waals surface area contributed by atoms with Crippen LogP contribution in [0.3, 0.4) is 0 Å². The zero-order valence-corrected chi connectivity index (χ0v) is 12.2. The van der Waals surface area contributed by atoms with Gasteiger partial charge in [-0.1, -0.05) is 31.2 Å². The summed E-state index contributed by atoms with van der Waals surface area (Å²) in [6.45, 7) is 9.86. The van der Waals surface area contributed by atoms with Gasteiger partial charge in [0.05, 0.1) is 6.04 Å². The number of hydrogen-bond acceptors (Lipinski definition) is 2. The van der Waals surface area contributed by atoms with Gasteiger partial charge < -0.3 is 5.41 Å². The van der Waals surface area contributed by atoms with Gasteiger partial charge in [0.1, 0.15) is 0 Å². The maximum absolute atomic E-state index is 7.92. The number of rotatable bonds is 4. The highest BCUT2D eigenvalue weighted by Gasteiger charge is 2.30. The standard InChI is InChI=1S/C16H19ClN2/c1-4-5-16(19-9-11(2)10-19)15-8-13(17)6-7-14(15)12(3)18/h5-8,11,16,18H,1,9-10H2,2-3H3. The van der Waals surface area contributed by atoms with Crippen LogP contribution in [0.25, 0.3) is 0 Å². The lowest BCUT2D eigenvalue weighted by molar-refractivity contribution is 0.0829. The molecule has 1 aromatic carbocycles. The van der Waals surface area contributed by atoms with Crippen LogP contribution in [-0.2, 0) is 0 Å². The third-order valence-electron chi connectivity index (χ3n) is 3.50. The van der Waals surface area contributed by atoms with Crippen LogP contribution in [0.4, 0.5) is 0 Å². The van der Waals surface area contributed by atoms with Crippen molar-refractivity contribution in [2.45, 2.75) is 19.9 Å². The zero-order valence-electron chi connectivity index (χ0n) is 11.4. The maximum Gasteiger partial charge on any atom is 0.0613 e. The third-order valence-corrected chi connectivity index (χ3v) is 3.73. The normalized spacial score (nSPS) is 17.4. The molecule has 2 rings (SSSR count). The minimum atomic E-state index is 0.114. The SMILES string of the molecule is C=C=CC(c1cc(Cl)ccc1C(C)=N)N1CC(C)C1. The monoisotopic (exact) mass is 274 g/mol. The Morgan fingerprint density at radius 1 is 1.58 bits per heavy atom. The Hall–Kier alpha value is -1.34. The van der Waals surface area contributed by atoms with Crippen LogP contribution in [-0.4, -0.2) is 23.7 Å². The van der Waals surface area contributed by atoms with Gasteiger partial charge >= 0.3 is 0 Å². The first-order valence-electron chi connectivity index (χ1n) is 6.48. The van der Waals surface area contributed by atoms with Crippen molar-refractivity contribution >= 4 is 17.3 Å². The molecular weight excluding hydrogens is 256 g/mol. The van der Waals surface area contributed by atoms with Gasteiger partial charge in [-0.25, -0.2) is 0 Å². The van der Waals surface area contributed by atoms with E-state index in [4.69, 9.17) is 17.0 Å². The number of halogens is 1. The molecule has 1 saturated heterocycles. The summed E-state index contributed by atoms with van der Waals surface area (Å²) in [5, 5.41) is 8.62. The Balaban J connectivity index is 2.43. The number of nitrogens with zero attached hydrogens (tertiary/aromatic N) is 1. The highest BCUT2D eigenvalue weighted by Crippen LogP contribution is 2.33. The minimum Gasteiger partial charge on any atom is -0.305 e. The van der Waals surface area contributed by atoms with Gasteiger partial charge in [0.15, 0.2) is 0 Å². The lowest BCUT2D eigenvalue weighted by Crippen LogP contribution is -2.46. The quantitative estimate of drug-likeness (QED) is 0.651. The van der Waals surface area contributed by atoms with Gasteiger partial charge in [-0.3, -0.25) is 4.90 Å². The molecule has 100 valence electrons. The summed E-state index contributed by atoms with van der Waals surface area (Å²) in [6.07, 6.45) is 1.96. The largest absolute Gasteiger partial charge is 0.305 e. The van der Waals surface area contributed by atoms with Crippen LogP contribution in [0.5, 0.6) is 0 Å². The van der Waals surface area contributed by atoms with Gasteiger partial charge in [0.2, 0.25) is 0 Å². The second-order valence-corrected chi connectivity index (χ2v) is 5.67. The van der Waals surface area contributed by atoms with E-state index in [2.05, 4.69) is 24.1 Å². The molecule has 0 spiro atoms. The third kappa shape index (κ3) is 2.98. The smallest absolute Gasteiger partial charge is 0.0613 e. The van der Waals surface area contributed by atoms with E-state index in [0.29, 0.717) is 10.7 Å². The predicted octanol–water partition coefficient (Wildman–Crippen LogP) is 4.06. The molecule has 1 unspecified atom stereocenters. The zero-order chi connectivity index (χ0) is 14.0. The van der Waals surface area contributed by atoms with E-state index < -0.39 is 0 Å². The molecule has 0 amide bonds. The van der Waals surface area contributed by atoms with Crippen LogP contribution in [0.1, 0.15) is 31.0 Å². The Bertz CT molecular complexity index is 538. The Labute approximate surface area is 119 Å². The molecule has 0 aliphatic carbocycles. The molecule has 1 heterocycles. The lowest BCUT2D eigenvalue weighted by Gasteiger charge is -2.42. The van der Waals surface area contributed by atoms with Crippen LogP contribution < -0.4 is 0 Å². The molecule has 0 saturated carbocycles. The fourth-order valence-electron chi connectivity index (χ4n) is 2.60. The first-order chi connectivity index (χ1) is 9.02. The second-order valence-electron chi connectivity index (χ2n) is 5.23. The van der Waals surface area contributed by atoms with Crippen molar-refractivity contribution in [2.24, 2.45) is 5.92 Å². The summed E-state index contributed by atoms with van der Waals surface area (Å²) in [5.41, 5.74) is 5.46.